The summed E-state index contributed by atoms with van der Waals surface area (Å²) in [5, 5.41) is 12.1. The third kappa shape index (κ3) is 3.77. The number of anilines is 1. The van der Waals surface area contributed by atoms with Crippen LogP contribution < -0.4 is 4.72 Å². The molecule has 0 radical (unpaired) electrons. The molecule has 7 heteroatoms. The fourth-order valence-electron chi connectivity index (χ4n) is 4.05. The summed E-state index contributed by atoms with van der Waals surface area (Å²) in [6, 6.07) is 18.6. The number of fused-ring (bicyclic) bond motifs is 2. The van der Waals surface area contributed by atoms with Crippen molar-refractivity contribution in [1.82, 2.24) is 4.57 Å². The number of aliphatic carboxylic acids is 1. The summed E-state index contributed by atoms with van der Waals surface area (Å²) in [7, 11) is -3.92. The van der Waals surface area contributed by atoms with Crippen molar-refractivity contribution in [2.45, 2.75) is 31.7 Å². The van der Waals surface area contributed by atoms with Gasteiger partial charge < -0.3 is 9.67 Å². The lowest BCUT2D eigenvalue weighted by molar-refractivity contribution is -0.144. The smallest absolute Gasteiger partial charge is 0.327 e. The lowest BCUT2D eigenvalue weighted by Gasteiger charge is -2.29. The van der Waals surface area contributed by atoms with Crippen LogP contribution in [0.4, 0.5) is 5.69 Å². The number of nitrogens with one attached hydrogen (secondary N) is 1. The van der Waals surface area contributed by atoms with Gasteiger partial charge in [0.25, 0.3) is 10.0 Å². The molecule has 0 bridgehead atoms. The van der Waals surface area contributed by atoms with Crippen LogP contribution in [0.25, 0.3) is 21.7 Å². The van der Waals surface area contributed by atoms with Gasteiger partial charge in [0.05, 0.1) is 16.1 Å². The number of rotatable bonds is 5. The van der Waals surface area contributed by atoms with Crippen LogP contribution in [-0.2, 0) is 14.8 Å². The van der Waals surface area contributed by atoms with Crippen molar-refractivity contribution in [3.05, 3.63) is 72.9 Å². The fraction of sp³-hybridized carbons (Fsp3) is 0.208. The third-order valence-electron chi connectivity index (χ3n) is 5.36. The van der Waals surface area contributed by atoms with Gasteiger partial charge in [-0.3, -0.25) is 4.72 Å². The predicted octanol–water partition coefficient (Wildman–Crippen LogP) is 5.27. The minimum atomic E-state index is -3.92. The van der Waals surface area contributed by atoms with Crippen LogP contribution in [0.15, 0.2) is 77.8 Å². The Kier molecular flexibility index (Phi) is 5.01. The third-order valence-corrected chi connectivity index (χ3v) is 6.78. The maximum absolute atomic E-state index is 13.4. The van der Waals surface area contributed by atoms with Crippen molar-refractivity contribution in [1.29, 1.82) is 0 Å². The topological polar surface area (TPSA) is 88.4 Å². The Morgan fingerprint density at radius 1 is 0.935 bits per heavy atom. The van der Waals surface area contributed by atoms with Gasteiger partial charge in [0.15, 0.2) is 0 Å². The lowest BCUT2D eigenvalue weighted by Crippen LogP contribution is -2.31. The van der Waals surface area contributed by atoms with Gasteiger partial charge in [-0.25, -0.2) is 13.2 Å². The Hall–Kier alpha value is -3.32. The maximum Gasteiger partial charge on any atom is 0.327 e. The highest BCUT2D eigenvalue weighted by molar-refractivity contribution is 7.93. The molecule has 4 rings (SSSR count). The summed E-state index contributed by atoms with van der Waals surface area (Å²) >= 11 is 0. The first kappa shape index (κ1) is 20.9. The number of carboxylic acid groups (broad SMARTS) is 1. The van der Waals surface area contributed by atoms with Crippen molar-refractivity contribution >= 4 is 43.4 Å². The number of sulfonamides is 1. The average Bonchev–Trinajstić information content (AvgIpc) is 3.10. The summed E-state index contributed by atoms with van der Waals surface area (Å²) in [5.74, 6) is -0.975. The van der Waals surface area contributed by atoms with E-state index in [4.69, 9.17) is 0 Å². The van der Waals surface area contributed by atoms with E-state index < -0.39 is 27.4 Å². The molecule has 0 saturated carbocycles. The molecule has 0 saturated heterocycles. The molecular formula is C24H24N2O4S. The molecule has 6 nitrogen and oxygen atoms in total. The van der Waals surface area contributed by atoms with Gasteiger partial charge in [-0.1, -0.05) is 69.3 Å². The zero-order valence-corrected chi connectivity index (χ0v) is 18.3. The fourth-order valence-corrected chi connectivity index (χ4v) is 5.35. The van der Waals surface area contributed by atoms with E-state index >= 15 is 0 Å². The standard InChI is InChI=1S/C24H24N2O4S/c1-24(2,3)22(23(27)28)26-15-14-17-10-6-12-19(21(17)26)25-31(29,30)20-13-7-9-16-8-4-5-11-18(16)20/h4-15,22,25H,1-3H3,(H,27,28). The van der Waals surface area contributed by atoms with Crippen LogP contribution in [0.5, 0.6) is 0 Å². The second-order valence-electron chi connectivity index (χ2n) is 8.66. The molecule has 160 valence electrons. The highest BCUT2D eigenvalue weighted by Crippen LogP contribution is 2.37. The van der Waals surface area contributed by atoms with E-state index in [0.29, 0.717) is 16.6 Å². The molecule has 0 fully saturated rings. The van der Waals surface area contributed by atoms with Crippen LogP contribution >= 0.6 is 0 Å². The van der Waals surface area contributed by atoms with Crippen molar-refractivity contribution in [2.75, 3.05) is 4.72 Å². The minimum absolute atomic E-state index is 0.173. The number of para-hydroxylation sites is 1. The molecule has 0 aliphatic heterocycles. The molecule has 31 heavy (non-hydrogen) atoms. The average molecular weight is 437 g/mol. The molecule has 1 aromatic heterocycles. The number of nitrogens with zero attached hydrogens (tertiary/aromatic N) is 1. The second kappa shape index (κ2) is 7.42. The molecule has 0 amide bonds. The molecule has 0 aliphatic rings. The Morgan fingerprint density at radius 2 is 1.58 bits per heavy atom. The van der Waals surface area contributed by atoms with E-state index in [1.807, 2.05) is 45.0 Å². The number of aromatic nitrogens is 1. The largest absolute Gasteiger partial charge is 0.480 e. The first-order valence-electron chi connectivity index (χ1n) is 9.92. The number of hydrogen-bond acceptors (Lipinski definition) is 3. The highest BCUT2D eigenvalue weighted by atomic mass is 32.2. The van der Waals surface area contributed by atoms with Gasteiger partial charge in [-0.05, 0) is 29.0 Å². The van der Waals surface area contributed by atoms with Crippen LogP contribution in [0.2, 0.25) is 0 Å². The Balaban J connectivity index is 1.88. The normalized spacial score (nSPS) is 13.4. The van der Waals surface area contributed by atoms with Crippen LogP contribution in [0.3, 0.4) is 0 Å². The Bertz CT molecular complexity index is 1390. The van der Waals surface area contributed by atoms with E-state index in [0.717, 1.165) is 10.8 Å². The first-order valence-corrected chi connectivity index (χ1v) is 11.4. The predicted molar refractivity (Wildman–Crippen MR) is 123 cm³/mol. The molecule has 1 unspecified atom stereocenters. The number of carboxylic acids is 1. The van der Waals surface area contributed by atoms with Crippen molar-refractivity contribution in [3.8, 4) is 0 Å². The van der Waals surface area contributed by atoms with Crippen LogP contribution in [0.1, 0.15) is 26.8 Å². The van der Waals surface area contributed by atoms with Crippen molar-refractivity contribution < 1.29 is 18.3 Å². The molecule has 3 aromatic carbocycles. The Morgan fingerprint density at radius 3 is 2.29 bits per heavy atom. The zero-order valence-electron chi connectivity index (χ0n) is 17.5. The van der Waals surface area contributed by atoms with Crippen LogP contribution in [0, 0.1) is 5.41 Å². The SMILES string of the molecule is CC(C)(C)C(C(=O)O)n1ccc2cccc(NS(=O)(=O)c3cccc4ccccc34)c21. The number of benzene rings is 3. The zero-order chi connectivity index (χ0) is 22.4. The molecular weight excluding hydrogens is 412 g/mol. The molecule has 4 aromatic rings. The quantitative estimate of drug-likeness (QED) is 0.446. The van der Waals surface area contributed by atoms with Gasteiger partial charge in [0.2, 0.25) is 0 Å². The number of hydrogen-bond donors (Lipinski definition) is 2. The maximum atomic E-state index is 13.4. The number of carbonyl (C=O) groups is 1. The summed E-state index contributed by atoms with van der Waals surface area (Å²) in [6.45, 7) is 5.54. The minimum Gasteiger partial charge on any atom is -0.480 e. The van der Waals surface area contributed by atoms with Crippen molar-refractivity contribution in [3.63, 3.8) is 0 Å². The summed E-state index contributed by atoms with van der Waals surface area (Å²) in [6.07, 6.45) is 1.70. The molecule has 0 spiro atoms. The Labute approximate surface area is 181 Å². The molecule has 0 aliphatic carbocycles. The second-order valence-corrected chi connectivity index (χ2v) is 10.3. The van der Waals surface area contributed by atoms with E-state index in [2.05, 4.69) is 4.72 Å². The van der Waals surface area contributed by atoms with Gasteiger partial charge >= 0.3 is 5.97 Å². The van der Waals surface area contributed by atoms with Crippen LogP contribution in [-0.4, -0.2) is 24.1 Å². The van der Waals surface area contributed by atoms with Crippen molar-refractivity contribution in [2.24, 2.45) is 5.41 Å². The van der Waals surface area contributed by atoms with Gasteiger partial charge in [0.1, 0.15) is 6.04 Å². The van der Waals surface area contributed by atoms with E-state index in [1.165, 1.54) is 0 Å². The van der Waals surface area contributed by atoms with E-state index in [9.17, 15) is 18.3 Å². The molecule has 1 heterocycles. The van der Waals surface area contributed by atoms with E-state index in [1.54, 1.807) is 53.2 Å². The van der Waals surface area contributed by atoms with Gasteiger partial charge in [-0.15, -0.1) is 0 Å². The summed E-state index contributed by atoms with van der Waals surface area (Å²) < 4.78 is 31.1. The summed E-state index contributed by atoms with van der Waals surface area (Å²) in [4.78, 5) is 12.3. The van der Waals surface area contributed by atoms with Gasteiger partial charge in [-0.2, -0.15) is 0 Å². The molecule has 2 N–H and O–H groups in total. The first-order chi connectivity index (χ1) is 14.6. The monoisotopic (exact) mass is 436 g/mol. The molecule has 1 atom stereocenters. The highest BCUT2D eigenvalue weighted by Gasteiger charge is 2.34. The lowest BCUT2D eigenvalue weighted by atomic mass is 9.86. The van der Waals surface area contributed by atoms with Gasteiger partial charge in [0, 0.05) is 17.0 Å². The summed E-state index contributed by atoms with van der Waals surface area (Å²) in [5.41, 5.74) is 0.291. The van der Waals surface area contributed by atoms with E-state index in [-0.39, 0.29) is 4.90 Å².